The molecular weight excluding hydrogens is 686 g/mol. The van der Waals surface area contributed by atoms with Crippen molar-refractivity contribution < 1.29 is 55.7 Å². The van der Waals surface area contributed by atoms with Crippen LogP contribution in [0.25, 0.3) is 21.5 Å². The van der Waals surface area contributed by atoms with Gasteiger partial charge in [-0.1, -0.05) is 72.8 Å². The first-order chi connectivity index (χ1) is 24.0. The summed E-state index contributed by atoms with van der Waals surface area (Å²) >= 11 is 0. The normalized spacial score (nSPS) is 16.1. The van der Waals surface area contributed by atoms with Gasteiger partial charge in [0.2, 0.25) is 5.91 Å². The summed E-state index contributed by atoms with van der Waals surface area (Å²) in [4.78, 5) is 48.2. The number of nitrogens with one attached hydrogen (secondary N) is 2. The second-order valence-electron chi connectivity index (χ2n) is 11.8. The number of carboxylic acids is 2. The number of piperidine rings is 1. The van der Waals surface area contributed by atoms with Gasteiger partial charge in [-0.25, -0.2) is 9.59 Å². The Kier molecular flexibility index (Phi) is 12.3. The lowest BCUT2D eigenvalue weighted by Crippen LogP contribution is -2.56. The van der Waals surface area contributed by atoms with E-state index in [9.17, 15) is 35.9 Å². The van der Waals surface area contributed by atoms with Crippen LogP contribution in [0.15, 0.2) is 84.9 Å². The molecule has 6 rings (SSSR count). The van der Waals surface area contributed by atoms with E-state index in [-0.39, 0.29) is 11.8 Å². The molecule has 4 N–H and O–H groups in total. The summed E-state index contributed by atoms with van der Waals surface area (Å²) in [7, 11) is 0. The first-order valence-corrected chi connectivity index (χ1v) is 15.6. The lowest BCUT2D eigenvalue weighted by molar-refractivity contribution is -0.193. The zero-order valence-electron chi connectivity index (χ0n) is 26.9. The number of fused-ring (bicyclic) bond motifs is 2. The van der Waals surface area contributed by atoms with Crippen LogP contribution in [-0.2, 0) is 20.9 Å². The molecule has 2 saturated heterocycles. The largest absolute Gasteiger partial charge is 0.490 e. The van der Waals surface area contributed by atoms with Gasteiger partial charge in [-0.05, 0) is 52.1 Å². The molecule has 0 aromatic heterocycles. The molecule has 4 aromatic carbocycles. The van der Waals surface area contributed by atoms with Crippen molar-refractivity contribution in [3.8, 4) is 0 Å². The van der Waals surface area contributed by atoms with Crippen molar-refractivity contribution in [2.75, 3.05) is 32.8 Å². The molecular formula is C35H34F6N4O6. The number of hydrogen-bond acceptors (Lipinski definition) is 6. The second-order valence-corrected chi connectivity index (χ2v) is 11.8. The number of aliphatic carboxylic acids is 2. The number of likely N-dealkylation sites (tertiary alicyclic amines) is 1. The fourth-order valence-corrected chi connectivity index (χ4v) is 5.92. The number of alkyl halides is 6. The summed E-state index contributed by atoms with van der Waals surface area (Å²) in [6, 6.07) is 28.7. The molecule has 2 fully saturated rings. The maximum absolute atomic E-state index is 13.0. The SMILES string of the molecule is O=C(NCCN1CCC2(CC1)C(=O)NCN2Cc1cccc2ccccc12)c1ccc2ccccc2c1.O=C(O)C(F)(F)F.O=C(O)C(F)(F)F. The summed E-state index contributed by atoms with van der Waals surface area (Å²) < 4.78 is 63.5. The average molecular weight is 721 g/mol. The van der Waals surface area contributed by atoms with Gasteiger partial charge >= 0.3 is 24.3 Å². The first-order valence-electron chi connectivity index (χ1n) is 15.6. The zero-order valence-corrected chi connectivity index (χ0v) is 26.9. The molecule has 0 bridgehead atoms. The molecule has 0 atom stereocenters. The predicted molar refractivity (Wildman–Crippen MR) is 175 cm³/mol. The lowest BCUT2D eigenvalue weighted by atomic mass is 9.85. The number of rotatable bonds is 6. The maximum atomic E-state index is 13.0. The van der Waals surface area contributed by atoms with Crippen LogP contribution in [0.2, 0.25) is 0 Å². The molecule has 0 radical (unpaired) electrons. The highest BCUT2D eigenvalue weighted by Gasteiger charge is 2.50. The van der Waals surface area contributed by atoms with Gasteiger partial charge < -0.3 is 25.7 Å². The quantitative estimate of drug-likeness (QED) is 0.194. The number of carboxylic acid groups (broad SMARTS) is 2. The summed E-state index contributed by atoms with van der Waals surface area (Å²) in [5, 5.41) is 25.1. The monoisotopic (exact) mass is 720 g/mol. The Hall–Kier alpha value is -5.22. The van der Waals surface area contributed by atoms with Crippen LogP contribution < -0.4 is 10.6 Å². The number of amides is 2. The van der Waals surface area contributed by atoms with E-state index < -0.39 is 29.8 Å². The Bertz CT molecular complexity index is 1850. The van der Waals surface area contributed by atoms with E-state index in [0.29, 0.717) is 18.8 Å². The molecule has 272 valence electrons. The van der Waals surface area contributed by atoms with Crippen molar-refractivity contribution in [3.05, 3.63) is 96.1 Å². The highest BCUT2D eigenvalue weighted by molar-refractivity contribution is 5.98. The molecule has 10 nitrogen and oxygen atoms in total. The number of nitrogens with zero attached hydrogens (tertiary/aromatic N) is 2. The van der Waals surface area contributed by atoms with Crippen LogP contribution in [0, 0.1) is 0 Å². The van der Waals surface area contributed by atoms with Crippen LogP contribution >= 0.6 is 0 Å². The van der Waals surface area contributed by atoms with Crippen LogP contribution in [0.5, 0.6) is 0 Å². The van der Waals surface area contributed by atoms with E-state index >= 15 is 0 Å². The summed E-state index contributed by atoms with van der Waals surface area (Å²) in [5.74, 6) is -5.41. The molecule has 0 aliphatic carbocycles. The number of hydrogen-bond donors (Lipinski definition) is 4. The zero-order chi connectivity index (χ0) is 37.4. The van der Waals surface area contributed by atoms with Crippen LogP contribution in [0.1, 0.15) is 28.8 Å². The number of carbonyl (C=O) groups is 4. The first kappa shape index (κ1) is 38.6. The summed E-state index contributed by atoms with van der Waals surface area (Å²) in [5.41, 5.74) is 1.48. The van der Waals surface area contributed by atoms with Crippen molar-refractivity contribution in [2.24, 2.45) is 0 Å². The molecule has 1 spiro atoms. The van der Waals surface area contributed by atoms with Gasteiger partial charge in [0.1, 0.15) is 5.54 Å². The fraction of sp³-hybridized carbons (Fsp3) is 0.314. The van der Waals surface area contributed by atoms with E-state index in [0.717, 1.165) is 49.8 Å². The minimum absolute atomic E-state index is 0.0457. The molecule has 2 heterocycles. The maximum Gasteiger partial charge on any atom is 0.490 e. The minimum Gasteiger partial charge on any atom is -0.475 e. The van der Waals surface area contributed by atoms with Gasteiger partial charge in [-0.15, -0.1) is 0 Å². The fourth-order valence-electron chi connectivity index (χ4n) is 5.92. The van der Waals surface area contributed by atoms with E-state index in [1.54, 1.807) is 0 Å². The third-order valence-electron chi connectivity index (χ3n) is 8.59. The van der Waals surface area contributed by atoms with Crippen LogP contribution in [0.3, 0.4) is 0 Å². The Labute approximate surface area is 287 Å². The van der Waals surface area contributed by atoms with Gasteiger partial charge in [0.15, 0.2) is 0 Å². The van der Waals surface area contributed by atoms with E-state index in [1.807, 2.05) is 42.5 Å². The Balaban J connectivity index is 0.000000353. The molecule has 2 aliphatic rings. The highest BCUT2D eigenvalue weighted by atomic mass is 19.4. The van der Waals surface area contributed by atoms with E-state index in [1.165, 1.54) is 16.3 Å². The van der Waals surface area contributed by atoms with Gasteiger partial charge in [0, 0.05) is 38.3 Å². The lowest BCUT2D eigenvalue weighted by Gasteiger charge is -2.42. The third kappa shape index (κ3) is 9.94. The minimum atomic E-state index is -5.08. The Morgan fingerprint density at radius 3 is 1.92 bits per heavy atom. The molecule has 16 heteroatoms. The second kappa shape index (κ2) is 16.2. The predicted octanol–water partition coefficient (Wildman–Crippen LogP) is 5.41. The molecule has 4 aromatic rings. The number of carbonyl (C=O) groups excluding carboxylic acids is 2. The topological polar surface area (TPSA) is 139 Å². The highest BCUT2D eigenvalue weighted by Crippen LogP contribution is 2.34. The van der Waals surface area contributed by atoms with Crippen LogP contribution in [-0.4, -0.2) is 94.5 Å². The van der Waals surface area contributed by atoms with Gasteiger partial charge in [0.25, 0.3) is 5.91 Å². The molecule has 51 heavy (non-hydrogen) atoms. The number of halogens is 6. The van der Waals surface area contributed by atoms with Crippen molar-refractivity contribution in [1.82, 2.24) is 20.4 Å². The molecule has 0 unspecified atom stereocenters. The van der Waals surface area contributed by atoms with Crippen molar-refractivity contribution in [3.63, 3.8) is 0 Å². The average Bonchev–Trinajstić information content (AvgIpc) is 3.38. The standard InChI is InChI=1S/C31H32N4O2.2C2HF3O2/c36-29(26-13-12-23-6-1-2-8-25(23)20-26)32-16-19-34-17-14-31(15-18-34)30(37)33-22-35(31)21-27-10-5-9-24-7-3-4-11-28(24)27;2*3-2(4,5)1(6)7/h1-13,20H,14-19,21-22H2,(H,32,36)(H,33,37);2*(H,6,7). The van der Waals surface area contributed by atoms with Gasteiger partial charge in [0.05, 0.1) is 6.67 Å². The Morgan fingerprint density at radius 2 is 1.31 bits per heavy atom. The van der Waals surface area contributed by atoms with Crippen molar-refractivity contribution >= 4 is 45.3 Å². The van der Waals surface area contributed by atoms with Crippen LogP contribution in [0.4, 0.5) is 26.3 Å². The van der Waals surface area contributed by atoms with E-state index in [2.05, 4.69) is 62.9 Å². The third-order valence-corrected chi connectivity index (χ3v) is 8.59. The molecule has 2 amide bonds. The smallest absolute Gasteiger partial charge is 0.475 e. The number of benzene rings is 4. The van der Waals surface area contributed by atoms with Gasteiger partial charge in [-0.3, -0.25) is 14.5 Å². The summed E-state index contributed by atoms with van der Waals surface area (Å²) in [6.07, 6.45) is -8.58. The van der Waals surface area contributed by atoms with E-state index in [4.69, 9.17) is 19.8 Å². The summed E-state index contributed by atoms with van der Waals surface area (Å²) in [6.45, 7) is 4.38. The van der Waals surface area contributed by atoms with Crippen molar-refractivity contribution in [2.45, 2.75) is 37.3 Å². The molecule has 2 aliphatic heterocycles. The molecule has 0 saturated carbocycles. The Morgan fingerprint density at radius 1 is 0.765 bits per heavy atom. The van der Waals surface area contributed by atoms with Gasteiger partial charge in [-0.2, -0.15) is 26.3 Å². The van der Waals surface area contributed by atoms with Crippen molar-refractivity contribution in [1.29, 1.82) is 0 Å².